The fraction of sp³-hybridized carbons (Fsp3) is 0.714. The Hall–Kier alpha value is 0.421. The molecule has 0 aromatic carbocycles. The molecule has 13 heavy (non-hydrogen) atoms. The van der Waals surface area contributed by atoms with E-state index in [2.05, 4.69) is 0 Å². The Kier molecular flexibility index (Phi) is 7.34. The Balaban J connectivity index is 0. The molecule has 1 rings (SSSR count). The average molecular weight is 372 g/mol. The maximum Gasteiger partial charge on any atom is 1.00 e. The number of hydrogen-bond donors (Lipinski definition) is 0. The monoisotopic (exact) mass is 370 g/mol. The number of carbonyl (C=O) groups is 2. The molecule has 1 aliphatic carbocycles. The van der Waals surface area contributed by atoms with Crippen molar-refractivity contribution >= 4 is 11.9 Å². The minimum Gasteiger partial charge on any atom is -0.549 e. The van der Waals surface area contributed by atoms with Crippen LogP contribution in [0.4, 0.5) is 0 Å². The molecular formula is C7H8Ag2O4. The van der Waals surface area contributed by atoms with Gasteiger partial charge in [0.1, 0.15) is 0 Å². The Morgan fingerprint density at radius 1 is 0.923 bits per heavy atom. The van der Waals surface area contributed by atoms with Crippen LogP contribution in [0.2, 0.25) is 0 Å². The summed E-state index contributed by atoms with van der Waals surface area (Å²) in [5.74, 6) is -3.01. The van der Waals surface area contributed by atoms with Crippen LogP contribution in [0.25, 0.3) is 0 Å². The van der Waals surface area contributed by atoms with Crippen molar-refractivity contribution in [3.63, 3.8) is 0 Å². The van der Waals surface area contributed by atoms with E-state index in [0.29, 0.717) is 12.8 Å². The molecule has 1 fully saturated rings. The van der Waals surface area contributed by atoms with Crippen molar-refractivity contribution in [3.8, 4) is 0 Å². The predicted molar refractivity (Wildman–Crippen MR) is 30.9 cm³/mol. The molecule has 0 radical (unpaired) electrons. The van der Waals surface area contributed by atoms with Crippen LogP contribution in [-0.4, -0.2) is 11.9 Å². The number of carboxylic acids is 2. The largest absolute Gasteiger partial charge is 1.00 e. The average Bonchev–Trinajstić information content (AvgIpc) is 2.34. The molecule has 0 saturated heterocycles. The molecule has 0 unspecified atom stereocenters. The van der Waals surface area contributed by atoms with Gasteiger partial charge in [-0.25, -0.2) is 0 Å². The first-order valence-electron chi connectivity index (χ1n) is 3.52. The Morgan fingerprint density at radius 2 is 1.23 bits per heavy atom. The normalized spacial score (nSPS) is 18.2. The van der Waals surface area contributed by atoms with E-state index >= 15 is 0 Å². The number of hydrogen-bond acceptors (Lipinski definition) is 4. The zero-order valence-corrected chi connectivity index (χ0v) is 9.53. The number of rotatable bonds is 2. The molecule has 0 spiro atoms. The summed E-state index contributed by atoms with van der Waals surface area (Å²) in [7, 11) is 0. The molecule has 0 heterocycles. The van der Waals surface area contributed by atoms with Gasteiger partial charge in [-0.3, -0.25) is 0 Å². The Labute approximate surface area is 107 Å². The Morgan fingerprint density at radius 3 is 1.38 bits per heavy atom. The van der Waals surface area contributed by atoms with Gasteiger partial charge in [0.2, 0.25) is 0 Å². The summed E-state index contributed by atoms with van der Waals surface area (Å²) in [6.07, 6.45) is 1.55. The van der Waals surface area contributed by atoms with Gasteiger partial charge in [-0.15, -0.1) is 0 Å². The first kappa shape index (κ1) is 15.9. The molecule has 4 nitrogen and oxygen atoms in total. The second-order valence-electron chi connectivity index (χ2n) is 2.86. The molecule has 0 atom stereocenters. The summed E-state index contributed by atoms with van der Waals surface area (Å²) < 4.78 is 0. The van der Waals surface area contributed by atoms with Crippen molar-refractivity contribution in [3.05, 3.63) is 0 Å². The molecule has 0 aromatic heterocycles. The van der Waals surface area contributed by atoms with E-state index in [1.165, 1.54) is 0 Å². The Bertz CT molecular complexity index is 183. The molecule has 6 heteroatoms. The van der Waals surface area contributed by atoms with Crippen molar-refractivity contribution in [1.82, 2.24) is 0 Å². The fourth-order valence-corrected chi connectivity index (χ4v) is 1.47. The van der Waals surface area contributed by atoms with E-state index in [1.54, 1.807) is 0 Å². The molecular weight excluding hydrogens is 364 g/mol. The van der Waals surface area contributed by atoms with Crippen LogP contribution in [-0.2, 0) is 54.3 Å². The van der Waals surface area contributed by atoms with Crippen molar-refractivity contribution < 1.29 is 64.6 Å². The van der Waals surface area contributed by atoms with E-state index in [1.807, 2.05) is 0 Å². The summed E-state index contributed by atoms with van der Waals surface area (Å²) >= 11 is 0. The van der Waals surface area contributed by atoms with Gasteiger partial charge in [0.15, 0.2) is 0 Å². The number of carbonyl (C=O) groups excluding carboxylic acids is 2. The summed E-state index contributed by atoms with van der Waals surface area (Å²) in [5, 5.41) is 20.9. The maximum absolute atomic E-state index is 10.4. The standard InChI is InChI=1S/C7H10O4.2Ag/c8-5(9)7(6(10)11)3-1-2-4-7;;/h1-4H2,(H,8,9)(H,10,11);;/q;2*+1/p-2. The quantitative estimate of drug-likeness (QED) is 0.417. The number of aliphatic carboxylic acids is 2. The van der Waals surface area contributed by atoms with E-state index < -0.39 is 17.4 Å². The fourth-order valence-electron chi connectivity index (χ4n) is 1.47. The minimum absolute atomic E-state index is 0. The van der Waals surface area contributed by atoms with Crippen LogP contribution in [0.1, 0.15) is 25.7 Å². The molecule has 0 aromatic rings. The van der Waals surface area contributed by atoms with Gasteiger partial charge in [0.25, 0.3) is 0 Å². The van der Waals surface area contributed by atoms with E-state index in [0.717, 1.165) is 0 Å². The van der Waals surface area contributed by atoms with Gasteiger partial charge in [0, 0.05) is 5.41 Å². The van der Waals surface area contributed by atoms with Gasteiger partial charge in [-0.05, 0) is 12.8 Å². The molecule has 1 aliphatic rings. The minimum atomic E-state index is -1.69. The van der Waals surface area contributed by atoms with Crippen molar-refractivity contribution in [2.75, 3.05) is 0 Å². The third-order valence-electron chi connectivity index (χ3n) is 2.24. The second-order valence-corrected chi connectivity index (χ2v) is 2.86. The zero-order valence-electron chi connectivity index (χ0n) is 6.56. The molecule has 0 N–H and O–H groups in total. The van der Waals surface area contributed by atoms with Crippen LogP contribution in [0, 0.1) is 5.41 Å². The zero-order chi connectivity index (χ0) is 8.48. The summed E-state index contributed by atoms with van der Waals surface area (Å²) in [4.78, 5) is 20.9. The second kappa shape index (κ2) is 6.01. The van der Waals surface area contributed by atoms with Gasteiger partial charge in [-0.1, -0.05) is 12.8 Å². The van der Waals surface area contributed by atoms with Crippen molar-refractivity contribution in [2.24, 2.45) is 5.41 Å². The first-order chi connectivity index (χ1) is 5.09. The number of carboxylic acid groups (broad SMARTS) is 2. The first-order valence-corrected chi connectivity index (χ1v) is 3.52. The summed E-state index contributed by atoms with van der Waals surface area (Å²) in [5.41, 5.74) is -1.69. The molecule has 0 bridgehead atoms. The molecule has 82 valence electrons. The molecule has 0 amide bonds. The van der Waals surface area contributed by atoms with Gasteiger partial charge in [-0.2, -0.15) is 0 Å². The van der Waals surface area contributed by atoms with Crippen LogP contribution in [0.3, 0.4) is 0 Å². The summed E-state index contributed by atoms with van der Waals surface area (Å²) in [6, 6.07) is 0. The van der Waals surface area contributed by atoms with Crippen LogP contribution >= 0.6 is 0 Å². The van der Waals surface area contributed by atoms with E-state index in [9.17, 15) is 19.8 Å². The van der Waals surface area contributed by atoms with Gasteiger partial charge < -0.3 is 19.8 Å². The molecule has 0 aliphatic heterocycles. The smallest absolute Gasteiger partial charge is 0.549 e. The van der Waals surface area contributed by atoms with Crippen LogP contribution in [0.5, 0.6) is 0 Å². The van der Waals surface area contributed by atoms with Gasteiger partial charge >= 0.3 is 44.8 Å². The van der Waals surface area contributed by atoms with Gasteiger partial charge in [0.05, 0.1) is 11.9 Å². The van der Waals surface area contributed by atoms with Crippen LogP contribution in [0.15, 0.2) is 0 Å². The van der Waals surface area contributed by atoms with Crippen LogP contribution < -0.4 is 10.2 Å². The third-order valence-corrected chi connectivity index (χ3v) is 2.24. The topological polar surface area (TPSA) is 80.3 Å². The van der Waals surface area contributed by atoms with Crippen molar-refractivity contribution in [1.29, 1.82) is 0 Å². The predicted octanol–water partition coefficient (Wildman–Crippen LogP) is -1.96. The SMILES string of the molecule is O=C([O-])C1(C(=O)[O-])CCCC1.[Ag+].[Ag+]. The molecule has 1 saturated carbocycles. The third kappa shape index (κ3) is 2.94. The van der Waals surface area contributed by atoms with E-state index in [4.69, 9.17) is 0 Å². The summed E-state index contributed by atoms with van der Waals surface area (Å²) in [6.45, 7) is 0. The van der Waals surface area contributed by atoms with E-state index in [-0.39, 0.29) is 57.6 Å². The maximum atomic E-state index is 10.4. The van der Waals surface area contributed by atoms with Crippen molar-refractivity contribution in [2.45, 2.75) is 25.7 Å².